The summed E-state index contributed by atoms with van der Waals surface area (Å²) in [6.07, 6.45) is -3.79. The molecule has 26 heavy (non-hydrogen) atoms. The quantitative estimate of drug-likeness (QED) is 0.831. The molecule has 138 valence electrons. The molecule has 0 saturated heterocycles. The first-order chi connectivity index (χ1) is 12.3. The highest BCUT2D eigenvalue weighted by Crippen LogP contribution is 2.36. The van der Waals surface area contributed by atoms with Crippen LogP contribution in [0.25, 0.3) is 0 Å². The van der Waals surface area contributed by atoms with Gasteiger partial charge < -0.3 is 5.32 Å². The molecule has 2 aromatic carbocycles. The van der Waals surface area contributed by atoms with Crippen LogP contribution in [0.2, 0.25) is 5.02 Å². The Kier molecular flexibility index (Phi) is 5.25. The van der Waals surface area contributed by atoms with Crippen molar-refractivity contribution in [3.63, 3.8) is 0 Å². The molecule has 7 heteroatoms. The average molecular weight is 383 g/mol. The van der Waals surface area contributed by atoms with E-state index in [1.54, 1.807) is 6.92 Å². The number of rotatable bonds is 3. The number of alkyl halides is 3. The number of carbonyl (C=O) groups is 1. The number of hydrogen-bond donors (Lipinski definition) is 1. The lowest BCUT2D eigenvalue weighted by molar-refractivity contribution is -0.137. The summed E-state index contributed by atoms with van der Waals surface area (Å²) in [5.74, 6) is -0.475. The SMILES string of the molecule is CC(C(=O)Nc1ccc(Cl)cc1C(F)(F)F)N1CCc2ccccc2C1. The average Bonchev–Trinajstić information content (AvgIpc) is 2.61. The van der Waals surface area contributed by atoms with Gasteiger partial charge in [-0.15, -0.1) is 0 Å². The molecular formula is C19H18ClF3N2O. The molecule has 1 atom stereocenters. The van der Waals surface area contributed by atoms with Gasteiger partial charge in [-0.05, 0) is 42.7 Å². The normalized spacial score (nSPS) is 16.0. The maximum absolute atomic E-state index is 13.2. The zero-order valence-electron chi connectivity index (χ0n) is 14.1. The molecule has 2 aromatic rings. The molecule has 0 aliphatic carbocycles. The highest BCUT2D eigenvalue weighted by atomic mass is 35.5. The van der Waals surface area contributed by atoms with Crippen LogP contribution in [0.5, 0.6) is 0 Å². The summed E-state index contributed by atoms with van der Waals surface area (Å²) in [6, 6.07) is 10.8. The smallest absolute Gasteiger partial charge is 0.324 e. The van der Waals surface area contributed by atoms with Crippen LogP contribution in [-0.2, 0) is 23.9 Å². The van der Waals surface area contributed by atoms with Gasteiger partial charge in [0.25, 0.3) is 0 Å². The minimum atomic E-state index is -4.60. The summed E-state index contributed by atoms with van der Waals surface area (Å²) >= 11 is 5.67. The predicted octanol–water partition coefficient (Wildman–Crippen LogP) is 4.74. The summed E-state index contributed by atoms with van der Waals surface area (Å²) in [7, 11) is 0. The van der Waals surface area contributed by atoms with Crippen molar-refractivity contribution in [3.05, 3.63) is 64.2 Å². The van der Waals surface area contributed by atoms with Crippen molar-refractivity contribution in [3.8, 4) is 0 Å². The van der Waals surface area contributed by atoms with Crippen LogP contribution in [0, 0.1) is 0 Å². The molecular weight excluding hydrogens is 365 g/mol. The molecule has 0 spiro atoms. The van der Waals surface area contributed by atoms with Crippen molar-refractivity contribution >= 4 is 23.2 Å². The summed E-state index contributed by atoms with van der Waals surface area (Å²) in [5.41, 5.74) is 1.15. The Bertz CT molecular complexity index is 823. The van der Waals surface area contributed by atoms with E-state index in [-0.39, 0.29) is 10.7 Å². The number of halogens is 4. The van der Waals surface area contributed by atoms with Gasteiger partial charge in [0.2, 0.25) is 5.91 Å². The van der Waals surface area contributed by atoms with Gasteiger partial charge in [0.05, 0.1) is 17.3 Å². The molecule has 0 aromatic heterocycles. The maximum atomic E-state index is 13.2. The number of hydrogen-bond acceptors (Lipinski definition) is 2. The minimum absolute atomic E-state index is 0.0315. The molecule has 1 N–H and O–H groups in total. The molecule has 1 amide bonds. The molecule has 0 fully saturated rings. The van der Waals surface area contributed by atoms with E-state index in [0.717, 1.165) is 18.1 Å². The topological polar surface area (TPSA) is 32.3 Å². The Labute approximate surface area is 154 Å². The van der Waals surface area contributed by atoms with Crippen LogP contribution in [-0.4, -0.2) is 23.4 Å². The van der Waals surface area contributed by atoms with Crippen LogP contribution < -0.4 is 5.32 Å². The molecule has 1 heterocycles. The predicted molar refractivity (Wildman–Crippen MR) is 95.1 cm³/mol. The molecule has 1 aliphatic heterocycles. The number of fused-ring (bicyclic) bond motifs is 1. The summed E-state index contributed by atoms with van der Waals surface area (Å²) in [5, 5.41) is 2.37. The van der Waals surface area contributed by atoms with E-state index >= 15 is 0 Å². The van der Waals surface area contributed by atoms with Gasteiger partial charge in [-0.25, -0.2) is 0 Å². The van der Waals surface area contributed by atoms with Crippen LogP contribution >= 0.6 is 11.6 Å². The van der Waals surface area contributed by atoms with Crippen molar-refractivity contribution in [2.24, 2.45) is 0 Å². The molecule has 0 saturated carbocycles. The molecule has 3 nitrogen and oxygen atoms in total. The molecule has 0 radical (unpaired) electrons. The maximum Gasteiger partial charge on any atom is 0.418 e. The van der Waals surface area contributed by atoms with Crippen LogP contribution in [0.1, 0.15) is 23.6 Å². The van der Waals surface area contributed by atoms with Gasteiger partial charge in [-0.2, -0.15) is 13.2 Å². The molecule has 3 rings (SSSR count). The van der Waals surface area contributed by atoms with Gasteiger partial charge in [0, 0.05) is 18.1 Å². The molecule has 1 aliphatic rings. The van der Waals surface area contributed by atoms with Crippen molar-refractivity contribution in [2.75, 3.05) is 11.9 Å². The fourth-order valence-corrected chi connectivity index (χ4v) is 3.28. The number of amides is 1. The summed E-state index contributed by atoms with van der Waals surface area (Å²) in [6.45, 7) is 2.97. The van der Waals surface area contributed by atoms with Crippen molar-refractivity contribution in [1.29, 1.82) is 0 Å². The molecule has 0 bridgehead atoms. The lowest BCUT2D eigenvalue weighted by atomic mass is 9.98. The fourth-order valence-electron chi connectivity index (χ4n) is 3.11. The van der Waals surface area contributed by atoms with Crippen molar-refractivity contribution < 1.29 is 18.0 Å². The van der Waals surface area contributed by atoms with Crippen LogP contribution in [0.15, 0.2) is 42.5 Å². The van der Waals surface area contributed by atoms with E-state index in [0.29, 0.717) is 13.1 Å². The zero-order chi connectivity index (χ0) is 18.9. The first-order valence-electron chi connectivity index (χ1n) is 8.24. The number of nitrogens with one attached hydrogen (secondary N) is 1. The largest absolute Gasteiger partial charge is 0.418 e. The number of nitrogens with zero attached hydrogens (tertiary/aromatic N) is 1. The standard InChI is InChI=1S/C19H18ClF3N2O/c1-12(25-9-8-13-4-2-3-5-14(13)11-25)18(26)24-17-7-6-15(20)10-16(17)19(21,22)23/h2-7,10,12H,8-9,11H2,1H3,(H,24,26). The summed E-state index contributed by atoms with van der Waals surface area (Å²) in [4.78, 5) is 14.5. The second-order valence-electron chi connectivity index (χ2n) is 6.34. The van der Waals surface area contributed by atoms with E-state index in [1.165, 1.54) is 17.7 Å². The first kappa shape index (κ1) is 18.7. The number of anilines is 1. The monoisotopic (exact) mass is 382 g/mol. The fraction of sp³-hybridized carbons (Fsp3) is 0.316. The second-order valence-corrected chi connectivity index (χ2v) is 6.78. The van der Waals surface area contributed by atoms with E-state index in [4.69, 9.17) is 11.6 Å². The third-order valence-electron chi connectivity index (χ3n) is 4.63. The second kappa shape index (κ2) is 7.29. The number of carbonyl (C=O) groups excluding carboxylic acids is 1. The third kappa shape index (κ3) is 4.02. The molecule has 1 unspecified atom stereocenters. The minimum Gasteiger partial charge on any atom is -0.324 e. The van der Waals surface area contributed by atoms with Crippen LogP contribution in [0.3, 0.4) is 0 Å². The Morgan fingerprint density at radius 3 is 2.58 bits per heavy atom. The van der Waals surface area contributed by atoms with Crippen molar-refractivity contribution in [2.45, 2.75) is 32.1 Å². The van der Waals surface area contributed by atoms with E-state index in [1.807, 2.05) is 23.1 Å². The van der Waals surface area contributed by atoms with E-state index < -0.39 is 23.7 Å². The van der Waals surface area contributed by atoms with Gasteiger partial charge in [0.15, 0.2) is 0 Å². The third-order valence-corrected chi connectivity index (χ3v) is 4.87. The Morgan fingerprint density at radius 1 is 1.19 bits per heavy atom. The lowest BCUT2D eigenvalue weighted by Crippen LogP contribution is -2.44. The van der Waals surface area contributed by atoms with Gasteiger partial charge in [-0.3, -0.25) is 9.69 Å². The van der Waals surface area contributed by atoms with Crippen LogP contribution in [0.4, 0.5) is 18.9 Å². The van der Waals surface area contributed by atoms with Gasteiger partial charge in [-0.1, -0.05) is 35.9 Å². The highest BCUT2D eigenvalue weighted by Gasteiger charge is 2.35. The van der Waals surface area contributed by atoms with Gasteiger partial charge >= 0.3 is 6.18 Å². The number of benzene rings is 2. The zero-order valence-corrected chi connectivity index (χ0v) is 14.9. The Morgan fingerprint density at radius 2 is 1.88 bits per heavy atom. The Hall–Kier alpha value is -2.05. The first-order valence-corrected chi connectivity index (χ1v) is 8.62. The van der Waals surface area contributed by atoms with E-state index in [9.17, 15) is 18.0 Å². The van der Waals surface area contributed by atoms with E-state index in [2.05, 4.69) is 11.4 Å². The Balaban J connectivity index is 1.75. The summed E-state index contributed by atoms with van der Waals surface area (Å²) < 4.78 is 39.5. The van der Waals surface area contributed by atoms with Crippen molar-refractivity contribution in [1.82, 2.24) is 4.90 Å². The highest BCUT2D eigenvalue weighted by molar-refractivity contribution is 6.30. The van der Waals surface area contributed by atoms with Gasteiger partial charge in [0.1, 0.15) is 0 Å². The lowest BCUT2D eigenvalue weighted by Gasteiger charge is -2.33.